The molecular formula is C20H18N2O3. The summed E-state index contributed by atoms with van der Waals surface area (Å²) in [5.41, 5.74) is 4.48. The molecule has 0 saturated heterocycles. The summed E-state index contributed by atoms with van der Waals surface area (Å²) in [7, 11) is 3.25. The third-order valence-electron chi connectivity index (χ3n) is 5.15. The minimum atomic E-state index is -0.00325. The maximum atomic E-state index is 13.0. The molecule has 1 amide bonds. The lowest BCUT2D eigenvalue weighted by molar-refractivity contribution is 0.0631. The number of rotatable bonds is 2. The van der Waals surface area contributed by atoms with Gasteiger partial charge in [0.25, 0.3) is 5.91 Å². The number of hydrogen-bond acceptors (Lipinski definition) is 4. The van der Waals surface area contributed by atoms with E-state index < -0.39 is 0 Å². The van der Waals surface area contributed by atoms with Gasteiger partial charge in [-0.1, -0.05) is 6.07 Å². The topological polar surface area (TPSA) is 62.6 Å². The Labute approximate surface area is 146 Å². The van der Waals surface area contributed by atoms with Gasteiger partial charge in [0.2, 0.25) is 0 Å². The zero-order chi connectivity index (χ0) is 17.6. The number of carbonyl (C=O) groups excluding carboxylic acids is 1. The van der Waals surface area contributed by atoms with Crippen LogP contribution in [0.3, 0.4) is 0 Å². The molecular weight excluding hydrogens is 316 g/mol. The van der Waals surface area contributed by atoms with Crippen LogP contribution in [0.1, 0.15) is 38.7 Å². The van der Waals surface area contributed by atoms with Crippen LogP contribution in [0.4, 0.5) is 0 Å². The zero-order valence-corrected chi connectivity index (χ0v) is 14.2. The van der Waals surface area contributed by atoms with E-state index in [1.54, 1.807) is 26.4 Å². The van der Waals surface area contributed by atoms with E-state index in [-0.39, 0.29) is 11.9 Å². The summed E-state index contributed by atoms with van der Waals surface area (Å²) in [4.78, 5) is 14.9. The van der Waals surface area contributed by atoms with E-state index >= 15 is 0 Å². The predicted octanol–water partition coefficient (Wildman–Crippen LogP) is 2.87. The number of ether oxygens (including phenoxy) is 2. The van der Waals surface area contributed by atoms with E-state index in [4.69, 9.17) is 14.7 Å². The fourth-order valence-corrected chi connectivity index (χ4v) is 3.88. The Balaban J connectivity index is 1.81. The fraction of sp³-hybridized carbons (Fsp3) is 0.300. The molecule has 0 saturated carbocycles. The maximum absolute atomic E-state index is 13.0. The van der Waals surface area contributed by atoms with Gasteiger partial charge < -0.3 is 14.4 Å². The molecule has 126 valence electrons. The Morgan fingerprint density at radius 3 is 2.60 bits per heavy atom. The molecule has 0 fully saturated rings. The van der Waals surface area contributed by atoms with Gasteiger partial charge in [-0.25, -0.2) is 0 Å². The van der Waals surface area contributed by atoms with Crippen LogP contribution >= 0.6 is 0 Å². The smallest absolute Gasteiger partial charge is 0.254 e. The number of amides is 1. The molecule has 2 aliphatic heterocycles. The van der Waals surface area contributed by atoms with E-state index in [0.717, 1.165) is 29.7 Å². The summed E-state index contributed by atoms with van der Waals surface area (Å²) in [6, 6.07) is 11.5. The molecule has 0 unspecified atom stereocenters. The second-order valence-corrected chi connectivity index (χ2v) is 6.36. The van der Waals surface area contributed by atoms with Gasteiger partial charge in [-0.3, -0.25) is 4.79 Å². The molecule has 25 heavy (non-hydrogen) atoms. The first-order valence-electron chi connectivity index (χ1n) is 8.25. The molecule has 5 nitrogen and oxygen atoms in total. The lowest BCUT2D eigenvalue weighted by Gasteiger charge is -2.41. The number of nitrogens with zero attached hydrogens (tertiary/aromatic N) is 2. The lowest BCUT2D eigenvalue weighted by atomic mass is 9.83. The SMILES string of the molecule is COc1cc2c(cc1OC)[C@@H]1Cc3ccc(C#N)cc3C(=O)N1CC2. The Hall–Kier alpha value is -3.00. The quantitative estimate of drug-likeness (QED) is 0.847. The van der Waals surface area contributed by atoms with Gasteiger partial charge in [0.1, 0.15) is 0 Å². The van der Waals surface area contributed by atoms with E-state index in [1.807, 2.05) is 23.1 Å². The number of carbonyl (C=O) groups is 1. The summed E-state index contributed by atoms with van der Waals surface area (Å²) in [6.07, 6.45) is 1.53. The van der Waals surface area contributed by atoms with Gasteiger partial charge in [0.05, 0.1) is 31.9 Å². The van der Waals surface area contributed by atoms with Crippen LogP contribution in [0.5, 0.6) is 11.5 Å². The molecule has 4 rings (SSSR count). The van der Waals surface area contributed by atoms with Crippen molar-refractivity contribution in [2.75, 3.05) is 20.8 Å². The normalized spacial score (nSPS) is 17.9. The maximum Gasteiger partial charge on any atom is 0.254 e. The van der Waals surface area contributed by atoms with Crippen molar-refractivity contribution in [2.24, 2.45) is 0 Å². The van der Waals surface area contributed by atoms with Crippen molar-refractivity contribution < 1.29 is 14.3 Å². The minimum absolute atomic E-state index is 0.00325. The lowest BCUT2D eigenvalue weighted by Crippen LogP contribution is -2.44. The highest BCUT2D eigenvalue weighted by Crippen LogP contribution is 2.42. The largest absolute Gasteiger partial charge is 0.493 e. The summed E-state index contributed by atoms with van der Waals surface area (Å²) in [6.45, 7) is 0.669. The van der Waals surface area contributed by atoms with Gasteiger partial charge in [0.15, 0.2) is 11.5 Å². The molecule has 0 aromatic heterocycles. The van der Waals surface area contributed by atoms with Crippen LogP contribution < -0.4 is 9.47 Å². The molecule has 0 radical (unpaired) electrons. The molecule has 2 aromatic carbocycles. The second kappa shape index (κ2) is 5.82. The molecule has 0 N–H and O–H groups in total. The highest BCUT2D eigenvalue weighted by molar-refractivity contribution is 5.97. The standard InChI is InChI=1S/C20H18N2O3/c1-24-18-9-14-5-6-22-17(15(14)10-19(18)25-2)8-13-4-3-12(11-21)7-16(13)20(22)23/h3-4,7,9-10,17H,5-6,8H2,1-2H3/t17-/m0/s1. The van der Waals surface area contributed by atoms with Crippen LogP contribution in [0.25, 0.3) is 0 Å². The van der Waals surface area contributed by atoms with Gasteiger partial charge in [-0.15, -0.1) is 0 Å². The predicted molar refractivity (Wildman–Crippen MR) is 91.9 cm³/mol. The third-order valence-corrected chi connectivity index (χ3v) is 5.15. The van der Waals surface area contributed by atoms with Gasteiger partial charge >= 0.3 is 0 Å². The van der Waals surface area contributed by atoms with Gasteiger partial charge in [0, 0.05) is 12.1 Å². The van der Waals surface area contributed by atoms with Crippen LogP contribution in [-0.4, -0.2) is 31.6 Å². The number of nitriles is 1. The number of hydrogen-bond donors (Lipinski definition) is 0. The fourth-order valence-electron chi connectivity index (χ4n) is 3.88. The molecule has 2 aliphatic rings. The molecule has 0 spiro atoms. The summed E-state index contributed by atoms with van der Waals surface area (Å²) >= 11 is 0. The van der Waals surface area contributed by atoms with E-state index in [9.17, 15) is 4.79 Å². The van der Waals surface area contributed by atoms with Crippen molar-refractivity contribution in [3.8, 4) is 17.6 Å². The monoisotopic (exact) mass is 334 g/mol. The van der Waals surface area contributed by atoms with Crippen molar-refractivity contribution >= 4 is 5.91 Å². The van der Waals surface area contributed by atoms with Crippen molar-refractivity contribution in [2.45, 2.75) is 18.9 Å². The van der Waals surface area contributed by atoms with Crippen LogP contribution in [0.2, 0.25) is 0 Å². The number of fused-ring (bicyclic) bond motifs is 4. The van der Waals surface area contributed by atoms with Crippen LogP contribution in [0.15, 0.2) is 30.3 Å². The molecule has 1 atom stereocenters. The average molecular weight is 334 g/mol. The van der Waals surface area contributed by atoms with Crippen LogP contribution in [-0.2, 0) is 12.8 Å². The first-order valence-corrected chi connectivity index (χ1v) is 8.25. The Morgan fingerprint density at radius 2 is 1.88 bits per heavy atom. The Kier molecular flexibility index (Phi) is 3.61. The third kappa shape index (κ3) is 2.33. The summed E-state index contributed by atoms with van der Waals surface area (Å²) < 4.78 is 10.8. The molecule has 2 heterocycles. The van der Waals surface area contributed by atoms with E-state index in [1.165, 1.54) is 5.56 Å². The van der Waals surface area contributed by atoms with Crippen molar-refractivity contribution in [1.82, 2.24) is 4.90 Å². The van der Waals surface area contributed by atoms with Crippen LogP contribution in [0, 0.1) is 11.3 Å². The molecule has 0 aliphatic carbocycles. The Morgan fingerprint density at radius 1 is 1.12 bits per heavy atom. The summed E-state index contributed by atoms with van der Waals surface area (Å²) in [5, 5.41) is 9.09. The second-order valence-electron chi connectivity index (χ2n) is 6.36. The average Bonchev–Trinajstić information content (AvgIpc) is 2.66. The van der Waals surface area contributed by atoms with E-state index in [2.05, 4.69) is 6.07 Å². The number of benzene rings is 2. The number of methoxy groups -OCH3 is 2. The first kappa shape index (κ1) is 15.5. The summed E-state index contributed by atoms with van der Waals surface area (Å²) in [5.74, 6) is 1.40. The minimum Gasteiger partial charge on any atom is -0.493 e. The van der Waals surface area contributed by atoms with Crippen molar-refractivity contribution in [1.29, 1.82) is 5.26 Å². The van der Waals surface area contributed by atoms with Gasteiger partial charge in [-0.05, 0) is 53.8 Å². The van der Waals surface area contributed by atoms with Gasteiger partial charge in [-0.2, -0.15) is 5.26 Å². The molecule has 5 heteroatoms. The highest BCUT2D eigenvalue weighted by Gasteiger charge is 2.37. The highest BCUT2D eigenvalue weighted by atomic mass is 16.5. The Bertz CT molecular complexity index is 914. The molecule has 2 aromatic rings. The first-order chi connectivity index (χ1) is 12.2. The van der Waals surface area contributed by atoms with Crippen molar-refractivity contribution in [3.05, 3.63) is 58.1 Å². The van der Waals surface area contributed by atoms with Crippen molar-refractivity contribution in [3.63, 3.8) is 0 Å². The van der Waals surface area contributed by atoms with E-state index in [0.29, 0.717) is 23.4 Å². The molecule has 0 bridgehead atoms. The zero-order valence-electron chi connectivity index (χ0n) is 14.2.